The second kappa shape index (κ2) is 6.05. The van der Waals surface area contributed by atoms with Crippen molar-refractivity contribution in [2.75, 3.05) is 5.32 Å². The van der Waals surface area contributed by atoms with E-state index >= 15 is 0 Å². The molecule has 3 aromatic rings. The molecule has 0 saturated heterocycles. The molecule has 0 aliphatic rings. The summed E-state index contributed by atoms with van der Waals surface area (Å²) in [5.74, 6) is 0.892. The minimum absolute atomic E-state index is 0.0242. The summed E-state index contributed by atoms with van der Waals surface area (Å²) in [5.41, 5.74) is 3.71. The molecule has 5 nitrogen and oxygen atoms in total. The van der Waals surface area contributed by atoms with Gasteiger partial charge >= 0.3 is 0 Å². The Morgan fingerprint density at radius 3 is 2.57 bits per heavy atom. The summed E-state index contributed by atoms with van der Waals surface area (Å²) in [5, 5.41) is 20.4. The van der Waals surface area contributed by atoms with Crippen LogP contribution in [0.15, 0.2) is 60.3 Å². The molecule has 0 unspecified atom stereocenters. The SMILES string of the molecule is Cn1c(-c2ccccc2)nc2cc(NC=C(C#N)C#N)ccc21. The summed E-state index contributed by atoms with van der Waals surface area (Å²) in [4.78, 5) is 4.68. The minimum Gasteiger partial charge on any atom is -0.360 e. The van der Waals surface area contributed by atoms with Gasteiger partial charge in [0.05, 0.1) is 11.0 Å². The maximum atomic E-state index is 8.75. The molecule has 23 heavy (non-hydrogen) atoms. The summed E-state index contributed by atoms with van der Waals surface area (Å²) in [6.07, 6.45) is 1.39. The third-order valence-electron chi connectivity index (χ3n) is 3.54. The van der Waals surface area contributed by atoms with Crippen LogP contribution in [0.2, 0.25) is 0 Å². The lowest BCUT2D eigenvalue weighted by Gasteiger charge is -2.02. The number of nitrogens with zero attached hydrogens (tertiary/aromatic N) is 4. The number of hydrogen-bond acceptors (Lipinski definition) is 4. The molecule has 0 amide bonds. The van der Waals surface area contributed by atoms with Crippen LogP contribution in [0.25, 0.3) is 22.4 Å². The first-order valence-electron chi connectivity index (χ1n) is 7.01. The van der Waals surface area contributed by atoms with Gasteiger partial charge in [-0.05, 0) is 18.2 Å². The summed E-state index contributed by atoms with van der Waals surface area (Å²) < 4.78 is 2.04. The van der Waals surface area contributed by atoms with Gasteiger partial charge in [0.15, 0.2) is 0 Å². The van der Waals surface area contributed by atoms with Crippen LogP contribution in [0.4, 0.5) is 5.69 Å². The van der Waals surface area contributed by atoms with Gasteiger partial charge in [0.2, 0.25) is 0 Å². The average Bonchev–Trinajstić information content (AvgIpc) is 2.93. The number of hydrogen-bond donors (Lipinski definition) is 1. The monoisotopic (exact) mass is 299 g/mol. The first-order valence-corrected chi connectivity index (χ1v) is 7.01. The average molecular weight is 299 g/mol. The van der Waals surface area contributed by atoms with E-state index in [2.05, 4.69) is 10.3 Å². The summed E-state index contributed by atoms with van der Waals surface area (Å²) in [7, 11) is 1.98. The van der Waals surface area contributed by atoms with Crippen LogP contribution in [0.3, 0.4) is 0 Å². The lowest BCUT2D eigenvalue weighted by Crippen LogP contribution is -1.92. The molecule has 1 N–H and O–H groups in total. The lowest BCUT2D eigenvalue weighted by atomic mass is 10.2. The molecule has 0 fully saturated rings. The Morgan fingerprint density at radius 2 is 1.87 bits per heavy atom. The molecular formula is C18H13N5. The van der Waals surface area contributed by atoms with Gasteiger partial charge in [-0.25, -0.2) is 4.98 Å². The van der Waals surface area contributed by atoms with Gasteiger partial charge in [0.1, 0.15) is 23.5 Å². The van der Waals surface area contributed by atoms with Crippen LogP contribution in [0, 0.1) is 22.7 Å². The van der Waals surface area contributed by atoms with Crippen LogP contribution in [-0.2, 0) is 7.05 Å². The Morgan fingerprint density at radius 1 is 1.13 bits per heavy atom. The Kier molecular flexibility index (Phi) is 3.78. The number of aromatic nitrogens is 2. The van der Waals surface area contributed by atoms with E-state index in [1.165, 1.54) is 6.20 Å². The first-order chi connectivity index (χ1) is 11.2. The van der Waals surface area contributed by atoms with Gasteiger partial charge in [-0.15, -0.1) is 0 Å². The molecule has 0 spiro atoms. The van der Waals surface area contributed by atoms with Gasteiger partial charge in [-0.1, -0.05) is 30.3 Å². The zero-order valence-electron chi connectivity index (χ0n) is 12.5. The van der Waals surface area contributed by atoms with Gasteiger partial charge in [0.25, 0.3) is 0 Å². The van der Waals surface area contributed by atoms with Crippen LogP contribution >= 0.6 is 0 Å². The number of anilines is 1. The lowest BCUT2D eigenvalue weighted by molar-refractivity contribution is 0.959. The summed E-state index contributed by atoms with van der Waals surface area (Å²) in [6, 6.07) is 19.4. The first kappa shape index (κ1) is 14.4. The Hall–Kier alpha value is -3.57. The molecule has 0 radical (unpaired) electrons. The molecule has 2 aromatic carbocycles. The molecule has 0 saturated carbocycles. The highest BCUT2D eigenvalue weighted by Crippen LogP contribution is 2.25. The van der Waals surface area contributed by atoms with Crippen molar-refractivity contribution in [2.24, 2.45) is 7.05 Å². The number of benzene rings is 2. The number of nitrogens with one attached hydrogen (secondary N) is 1. The van der Waals surface area contributed by atoms with E-state index in [-0.39, 0.29) is 5.57 Å². The van der Waals surface area contributed by atoms with Crippen LogP contribution in [-0.4, -0.2) is 9.55 Å². The molecule has 0 aliphatic heterocycles. The highest BCUT2D eigenvalue weighted by Gasteiger charge is 2.09. The third-order valence-corrected chi connectivity index (χ3v) is 3.54. The van der Waals surface area contributed by atoms with E-state index in [0.717, 1.165) is 28.1 Å². The number of rotatable bonds is 3. The van der Waals surface area contributed by atoms with Gasteiger partial charge < -0.3 is 9.88 Å². The van der Waals surface area contributed by atoms with Gasteiger partial charge in [-0.3, -0.25) is 0 Å². The Balaban J connectivity index is 2.00. The van der Waals surface area contributed by atoms with Crippen molar-refractivity contribution >= 4 is 16.7 Å². The minimum atomic E-state index is 0.0242. The molecular weight excluding hydrogens is 286 g/mol. The fourth-order valence-electron chi connectivity index (χ4n) is 2.38. The van der Waals surface area contributed by atoms with Crippen molar-refractivity contribution in [3.05, 3.63) is 60.3 Å². The number of fused-ring (bicyclic) bond motifs is 1. The van der Waals surface area contributed by atoms with E-state index in [9.17, 15) is 0 Å². The largest absolute Gasteiger partial charge is 0.360 e. The third kappa shape index (κ3) is 2.76. The van der Waals surface area contributed by atoms with Crippen molar-refractivity contribution in [3.8, 4) is 23.5 Å². The molecule has 0 bridgehead atoms. The number of allylic oxidation sites excluding steroid dienone is 1. The molecule has 1 heterocycles. The summed E-state index contributed by atoms with van der Waals surface area (Å²) >= 11 is 0. The van der Waals surface area contributed by atoms with Crippen LogP contribution in [0.1, 0.15) is 0 Å². The molecule has 110 valence electrons. The van der Waals surface area contributed by atoms with Crippen LogP contribution in [0.5, 0.6) is 0 Å². The van der Waals surface area contributed by atoms with Gasteiger partial charge in [-0.2, -0.15) is 10.5 Å². The smallest absolute Gasteiger partial charge is 0.145 e. The van der Waals surface area contributed by atoms with E-state index in [1.54, 1.807) is 0 Å². The fourth-order valence-corrected chi connectivity index (χ4v) is 2.38. The normalized spacial score (nSPS) is 9.87. The van der Waals surface area contributed by atoms with Crippen molar-refractivity contribution in [3.63, 3.8) is 0 Å². The van der Waals surface area contributed by atoms with Crippen molar-refractivity contribution in [2.45, 2.75) is 0 Å². The Labute approximate surface area is 133 Å². The number of aryl methyl sites for hydroxylation is 1. The molecule has 3 rings (SSSR count). The predicted octanol–water partition coefficient (Wildman–Crippen LogP) is 3.58. The van der Waals surface area contributed by atoms with E-state index < -0.39 is 0 Å². The van der Waals surface area contributed by atoms with E-state index in [0.29, 0.717) is 0 Å². The quantitative estimate of drug-likeness (QED) is 0.750. The van der Waals surface area contributed by atoms with Crippen LogP contribution < -0.4 is 5.32 Å². The highest BCUT2D eigenvalue weighted by atomic mass is 15.1. The second-order valence-electron chi connectivity index (χ2n) is 4.99. The summed E-state index contributed by atoms with van der Waals surface area (Å²) in [6.45, 7) is 0. The predicted molar refractivity (Wildman–Crippen MR) is 89.1 cm³/mol. The topological polar surface area (TPSA) is 77.4 Å². The van der Waals surface area contributed by atoms with Crippen molar-refractivity contribution in [1.82, 2.24) is 9.55 Å². The molecule has 0 aliphatic carbocycles. The van der Waals surface area contributed by atoms with Gasteiger partial charge in [0, 0.05) is 24.5 Å². The molecule has 1 aromatic heterocycles. The Bertz CT molecular complexity index is 952. The van der Waals surface area contributed by atoms with Crippen molar-refractivity contribution in [1.29, 1.82) is 10.5 Å². The zero-order valence-corrected chi connectivity index (χ0v) is 12.5. The van der Waals surface area contributed by atoms with Crippen molar-refractivity contribution < 1.29 is 0 Å². The maximum Gasteiger partial charge on any atom is 0.145 e. The number of nitriles is 2. The highest BCUT2D eigenvalue weighted by molar-refractivity contribution is 5.83. The van der Waals surface area contributed by atoms with E-state index in [1.807, 2.05) is 72.3 Å². The standard InChI is InChI=1S/C18H13N5/c1-23-17-8-7-15(21-12-13(10-19)11-20)9-16(17)22-18(23)14-5-3-2-4-6-14/h2-9,12,21H,1H3. The maximum absolute atomic E-state index is 8.75. The van der Waals surface area contributed by atoms with E-state index in [4.69, 9.17) is 10.5 Å². The second-order valence-corrected chi connectivity index (χ2v) is 4.99. The zero-order chi connectivity index (χ0) is 16.2. The number of imidazole rings is 1. The molecule has 5 heteroatoms. The fraction of sp³-hybridized carbons (Fsp3) is 0.0556. The molecule has 0 atom stereocenters.